The Morgan fingerprint density at radius 3 is 2.76 bits per heavy atom. The molecule has 3 rings (SSSR count). The molecule has 1 atom stereocenters. The number of hydrogen-bond acceptors (Lipinski definition) is 5. The number of benzene rings is 1. The van der Waals surface area contributed by atoms with Crippen LogP contribution in [0, 0.1) is 0 Å². The van der Waals surface area contributed by atoms with Gasteiger partial charge in [0, 0.05) is 24.6 Å². The minimum Gasteiger partial charge on any atom is -0.343 e. The number of rotatable bonds is 5. The predicted molar refractivity (Wildman–Crippen MR) is 94.8 cm³/mol. The molecule has 13 heteroatoms. The highest BCUT2D eigenvalue weighted by atomic mass is 32.2. The number of aromatic nitrogens is 3. The summed E-state index contributed by atoms with van der Waals surface area (Å²) in [6.07, 6.45) is -3.41. The van der Waals surface area contributed by atoms with Gasteiger partial charge in [0.15, 0.2) is 0 Å². The first kappa shape index (κ1) is 21.0. The Morgan fingerprint density at radius 2 is 2.10 bits per heavy atom. The number of carbonyl (C=O) groups excluding carboxylic acids is 1. The van der Waals surface area contributed by atoms with Crippen molar-refractivity contribution in [3.05, 3.63) is 46.1 Å². The molecule has 0 radical (unpaired) electrons. The van der Waals surface area contributed by atoms with Crippen molar-refractivity contribution in [3.63, 3.8) is 0 Å². The smallest absolute Gasteiger partial charge is 0.343 e. The lowest BCUT2D eigenvalue weighted by Crippen LogP contribution is -2.39. The molecule has 158 valence electrons. The van der Waals surface area contributed by atoms with E-state index in [0.29, 0.717) is 18.7 Å². The summed E-state index contributed by atoms with van der Waals surface area (Å²) in [6.45, 7) is -1.20. The summed E-state index contributed by atoms with van der Waals surface area (Å²) in [5.41, 5.74) is -0.682. The summed E-state index contributed by atoms with van der Waals surface area (Å²) in [6, 6.07) is 4.84. The Bertz CT molecular complexity index is 1050. The van der Waals surface area contributed by atoms with Gasteiger partial charge in [-0.1, -0.05) is 6.07 Å². The molecular weight excluding hydrogens is 415 g/mol. The molecule has 3 N–H and O–H groups in total. The van der Waals surface area contributed by atoms with Gasteiger partial charge in [0.25, 0.3) is 5.91 Å². The second-order valence-electron chi connectivity index (χ2n) is 6.59. The maximum Gasteiger partial charge on any atom is 0.405 e. The quantitative estimate of drug-likeness (QED) is 0.647. The Balaban J connectivity index is 1.78. The van der Waals surface area contributed by atoms with Crippen LogP contribution in [-0.4, -0.2) is 59.6 Å². The van der Waals surface area contributed by atoms with E-state index < -0.39 is 34.3 Å². The maximum atomic E-state index is 13.0. The van der Waals surface area contributed by atoms with Gasteiger partial charge in [0.1, 0.15) is 12.4 Å². The van der Waals surface area contributed by atoms with Crippen molar-refractivity contribution in [3.8, 4) is 0 Å². The summed E-state index contributed by atoms with van der Waals surface area (Å²) < 4.78 is 64.0. The first-order valence-corrected chi connectivity index (χ1v) is 10.1. The number of halogens is 3. The Morgan fingerprint density at radius 1 is 1.34 bits per heavy atom. The normalized spacial score (nSPS) is 18.5. The molecule has 29 heavy (non-hydrogen) atoms. The summed E-state index contributed by atoms with van der Waals surface area (Å²) >= 11 is 0. The van der Waals surface area contributed by atoms with Crippen molar-refractivity contribution in [1.29, 1.82) is 0 Å². The van der Waals surface area contributed by atoms with Crippen LogP contribution >= 0.6 is 0 Å². The van der Waals surface area contributed by atoms with Crippen LogP contribution in [0.4, 0.5) is 13.2 Å². The monoisotopic (exact) mass is 433 g/mol. The Hall–Kier alpha value is -2.67. The van der Waals surface area contributed by atoms with Crippen LogP contribution in [0.3, 0.4) is 0 Å². The van der Waals surface area contributed by atoms with E-state index in [4.69, 9.17) is 0 Å². The molecule has 1 amide bonds. The van der Waals surface area contributed by atoms with Crippen molar-refractivity contribution in [1.82, 2.24) is 24.8 Å². The Kier molecular flexibility index (Phi) is 5.80. The molecule has 0 bridgehead atoms. The van der Waals surface area contributed by atoms with Gasteiger partial charge in [-0.05, 0) is 31.0 Å². The van der Waals surface area contributed by atoms with E-state index in [-0.39, 0.29) is 29.5 Å². The average molecular weight is 433 g/mol. The van der Waals surface area contributed by atoms with E-state index in [1.807, 2.05) is 0 Å². The average Bonchev–Trinajstić information content (AvgIpc) is 3.12. The molecule has 0 unspecified atom stereocenters. The third-order valence-corrected chi connectivity index (χ3v) is 6.33. The molecule has 1 aliphatic heterocycles. The minimum atomic E-state index is -4.57. The van der Waals surface area contributed by atoms with Gasteiger partial charge in [-0.15, -0.1) is 0 Å². The highest BCUT2D eigenvalue weighted by molar-refractivity contribution is 7.89. The van der Waals surface area contributed by atoms with Crippen molar-refractivity contribution >= 4 is 15.9 Å². The van der Waals surface area contributed by atoms with E-state index in [1.165, 1.54) is 22.5 Å². The number of piperidine rings is 1. The fraction of sp³-hybridized carbons (Fsp3) is 0.438. The van der Waals surface area contributed by atoms with Gasteiger partial charge in [0.05, 0.1) is 4.90 Å². The highest BCUT2D eigenvalue weighted by Crippen LogP contribution is 2.28. The summed E-state index contributed by atoms with van der Waals surface area (Å²) in [5, 5.41) is 7.80. The fourth-order valence-corrected chi connectivity index (χ4v) is 4.66. The number of sulfonamides is 1. The molecule has 2 heterocycles. The number of nitrogens with one attached hydrogen (secondary N) is 3. The second kappa shape index (κ2) is 7.99. The van der Waals surface area contributed by atoms with E-state index in [9.17, 15) is 31.2 Å². The van der Waals surface area contributed by atoms with E-state index in [0.717, 1.165) is 6.07 Å². The molecule has 0 saturated carbocycles. The van der Waals surface area contributed by atoms with Gasteiger partial charge < -0.3 is 5.32 Å². The van der Waals surface area contributed by atoms with Crippen LogP contribution in [0.25, 0.3) is 0 Å². The van der Waals surface area contributed by atoms with Crippen LogP contribution in [-0.2, 0) is 10.0 Å². The summed E-state index contributed by atoms with van der Waals surface area (Å²) in [7, 11) is -3.99. The topological polar surface area (TPSA) is 128 Å². The van der Waals surface area contributed by atoms with Crippen molar-refractivity contribution < 1.29 is 26.4 Å². The standard InChI is InChI=1S/C16H18F3N5O4S/c17-16(18,19)9-20-14(25)10-3-1-5-12(7-10)29(27,28)24-6-2-4-11(8-24)13-21-15(26)23-22-13/h1,3,5,7,11H,2,4,6,8-9H2,(H,20,25)(H2,21,22,23,26)/t11-/m1/s1. The van der Waals surface area contributed by atoms with Gasteiger partial charge in [-0.25, -0.2) is 18.3 Å². The number of aromatic amines is 2. The molecule has 1 aromatic heterocycles. The third-order valence-electron chi connectivity index (χ3n) is 4.47. The SMILES string of the molecule is O=C(NCC(F)(F)F)c1cccc(S(=O)(=O)N2CCC[C@@H](c3n[nH]c(=O)[nH]3)C2)c1. The van der Waals surface area contributed by atoms with Gasteiger partial charge in [-0.3, -0.25) is 9.78 Å². The van der Waals surface area contributed by atoms with Gasteiger partial charge in [-0.2, -0.15) is 22.6 Å². The number of amides is 1. The zero-order valence-corrected chi connectivity index (χ0v) is 15.8. The first-order valence-electron chi connectivity index (χ1n) is 8.66. The molecule has 1 aromatic carbocycles. The van der Waals surface area contributed by atoms with Crippen LogP contribution in [0.2, 0.25) is 0 Å². The maximum absolute atomic E-state index is 13.0. The van der Waals surface area contributed by atoms with E-state index in [2.05, 4.69) is 15.2 Å². The molecule has 1 fully saturated rings. The lowest BCUT2D eigenvalue weighted by Gasteiger charge is -2.30. The van der Waals surface area contributed by atoms with Crippen molar-refractivity contribution in [2.45, 2.75) is 29.8 Å². The number of nitrogens with zero attached hydrogens (tertiary/aromatic N) is 2. The Labute approximate surface area is 163 Å². The number of carbonyl (C=O) groups is 1. The molecule has 0 spiro atoms. The van der Waals surface area contributed by atoms with Crippen LogP contribution in [0.1, 0.15) is 34.9 Å². The lowest BCUT2D eigenvalue weighted by molar-refractivity contribution is -0.123. The number of H-pyrrole nitrogens is 2. The number of alkyl halides is 3. The molecule has 9 nitrogen and oxygen atoms in total. The molecule has 2 aromatic rings. The summed E-state index contributed by atoms with van der Waals surface area (Å²) in [5.74, 6) is -0.976. The van der Waals surface area contributed by atoms with Gasteiger partial charge in [0.2, 0.25) is 10.0 Å². The van der Waals surface area contributed by atoms with Gasteiger partial charge >= 0.3 is 11.9 Å². The highest BCUT2D eigenvalue weighted by Gasteiger charge is 2.33. The predicted octanol–water partition coefficient (Wildman–Crippen LogP) is 0.958. The molecule has 1 saturated heterocycles. The zero-order chi connectivity index (χ0) is 21.2. The first-order chi connectivity index (χ1) is 13.6. The minimum absolute atomic E-state index is 0.0770. The third kappa shape index (κ3) is 5.03. The largest absolute Gasteiger partial charge is 0.405 e. The fourth-order valence-electron chi connectivity index (χ4n) is 3.09. The lowest BCUT2D eigenvalue weighted by atomic mass is 9.99. The second-order valence-corrected chi connectivity index (χ2v) is 8.53. The molecule has 0 aliphatic carbocycles. The van der Waals surface area contributed by atoms with Crippen molar-refractivity contribution in [2.24, 2.45) is 0 Å². The van der Waals surface area contributed by atoms with E-state index >= 15 is 0 Å². The zero-order valence-electron chi connectivity index (χ0n) is 15.0. The van der Waals surface area contributed by atoms with E-state index in [1.54, 1.807) is 5.32 Å². The molecule has 1 aliphatic rings. The van der Waals surface area contributed by atoms with Crippen molar-refractivity contribution in [2.75, 3.05) is 19.6 Å². The summed E-state index contributed by atoms with van der Waals surface area (Å²) in [4.78, 5) is 25.5. The number of hydrogen-bond donors (Lipinski definition) is 3. The van der Waals surface area contributed by atoms with Crippen LogP contribution in [0.15, 0.2) is 34.0 Å². The van der Waals surface area contributed by atoms with Crippen LogP contribution in [0.5, 0.6) is 0 Å². The molecular formula is C16H18F3N5O4S. The van der Waals surface area contributed by atoms with Crippen LogP contribution < -0.4 is 11.0 Å².